The third-order valence-electron chi connectivity index (χ3n) is 4.16. The SMILES string of the molecule is N#Cc1ccc(CN2CC3(CCOCC3)C2)cc1. The second-order valence-corrected chi connectivity index (χ2v) is 5.57. The van der Waals surface area contributed by atoms with Crippen LogP contribution in [0.4, 0.5) is 0 Å². The molecule has 3 heteroatoms. The average molecular weight is 242 g/mol. The Morgan fingerprint density at radius 3 is 2.44 bits per heavy atom. The molecule has 0 radical (unpaired) electrons. The van der Waals surface area contributed by atoms with Crippen molar-refractivity contribution in [2.75, 3.05) is 26.3 Å². The van der Waals surface area contributed by atoms with E-state index in [9.17, 15) is 0 Å². The maximum absolute atomic E-state index is 8.76. The number of hydrogen-bond acceptors (Lipinski definition) is 3. The summed E-state index contributed by atoms with van der Waals surface area (Å²) in [7, 11) is 0. The molecule has 18 heavy (non-hydrogen) atoms. The van der Waals surface area contributed by atoms with Gasteiger partial charge in [-0.1, -0.05) is 12.1 Å². The molecule has 2 heterocycles. The first-order valence-corrected chi connectivity index (χ1v) is 6.59. The van der Waals surface area contributed by atoms with Gasteiger partial charge in [-0.2, -0.15) is 5.26 Å². The number of rotatable bonds is 2. The van der Waals surface area contributed by atoms with Crippen molar-refractivity contribution in [3.63, 3.8) is 0 Å². The molecular weight excluding hydrogens is 224 g/mol. The van der Waals surface area contributed by atoms with Crippen molar-refractivity contribution in [2.45, 2.75) is 19.4 Å². The molecule has 1 spiro atoms. The summed E-state index contributed by atoms with van der Waals surface area (Å²) in [5.74, 6) is 0. The zero-order valence-corrected chi connectivity index (χ0v) is 10.6. The van der Waals surface area contributed by atoms with Gasteiger partial charge in [-0.3, -0.25) is 4.90 Å². The first-order valence-electron chi connectivity index (χ1n) is 6.59. The van der Waals surface area contributed by atoms with Crippen molar-refractivity contribution in [2.24, 2.45) is 5.41 Å². The lowest BCUT2D eigenvalue weighted by molar-refractivity contribution is -0.0839. The predicted molar refractivity (Wildman–Crippen MR) is 68.9 cm³/mol. The van der Waals surface area contributed by atoms with Crippen molar-refractivity contribution in [3.8, 4) is 6.07 Å². The zero-order valence-electron chi connectivity index (χ0n) is 10.6. The van der Waals surface area contributed by atoms with Crippen LogP contribution in [0.5, 0.6) is 0 Å². The second-order valence-electron chi connectivity index (χ2n) is 5.57. The summed E-state index contributed by atoms with van der Waals surface area (Å²) in [6.45, 7) is 5.29. The highest BCUT2D eigenvalue weighted by Gasteiger charge is 2.43. The molecule has 1 aromatic rings. The minimum Gasteiger partial charge on any atom is -0.381 e. The van der Waals surface area contributed by atoms with E-state index in [1.165, 1.54) is 31.5 Å². The van der Waals surface area contributed by atoms with Crippen molar-refractivity contribution < 1.29 is 4.74 Å². The Morgan fingerprint density at radius 1 is 1.17 bits per heavy atom. The number of benzene rings is 1. The molecule has 2 aliphatic rings. The fourth-order valence-electron chi connectivity index (χ4n) is 3.08. The minimum atomic E-state index is 0.546. The molecule has 2 fully saturated rings. The van der Waals surface area contributed by atoms with Gasteiger partial charge in [-0.05, 0) is 30.5 Å². The number of likely N-dealkylation sites (tertiary alicyclic amines) is 1. The summed E-state index contributed by atoms with van der Waals surface area (Å²) in [5.41, 5.74) is 2.59. The molecule has 0 amide bonds. The Hall–Kier alpha value is -1.37. The van der Waals surface area contributed by atoms with E-state index in [2.05, 4.69) is 23.1 Å². The van der Waals surface area contributed by atoms with Crippen LogP contribution in [0.1, 0.15) is 24.0 Å². The van der Waals surface area contributed by atoms with Gasteiger partial charge in [-0.15, -0.1) is 0 Å². The van der Waals surface area contributed by atoms with Gasteiger partial charge in [0.25, 0.3) is 0 Å². The third kappa shape index (κ3) is 2.27. The van der Waals surface area contributed by atoms with Crippen molar-refractivity contribution in [3.05, 3.63) is 35.4 Å². The summed E-state index contributed by atoms with van der Waals surface area (Å²) in [5, 5.41) is 8.76. The molecule has 2 saturated heterocycles. The highest BCUT2D eigenvalue weighted by molar-refractivity contribution is 5.31. The molecule has 0 atom stereocenters. The quantitative estimate of drug-likeness (QED) is 0.797. The van der Waals surface area contributed by atoms with E-state index < -0.39 is 0 Å². The summed E-state index contributed by atoms with van der Waals surface area (Å²) in [4.78, 5) is 2.49. The summed E-state index contributed by atoms with van der Waals surface area (Å²) < 4.78 is 5.43. The molecular formula is C15H18N2O. The van der Waals surface area contributed by atoms with Crippen LogP contribution >= 0.6 is 0 Å². The van der Waals surface area contributed by atoms with Crippen LogP contribution in [0.2, 0.25) is 0 Å². The number of nitriles is 1. The molecule has 0 saturated carbocycles. The zero-order chi connectivity index (χ0) is 12.4. The van der Waals surface area contributed by atoms with Gasteiger partial charge in [0.2, 0.25) is 0 Å². The van der Waals surface area contributed by atoms with Crippen LogP contribution in [0.3, 0.4) is 0 Å². The Labute approximate surface area is 108 Å². The molecule has 0 aromatic heterocycles. The van der Waals surface area contributed by atoms with Gasteiger partial charge in [-0.25, -0.2) is 0 Å². The van der Waals surface area contributed by atoms with Gasteiger partial charge >= 0.3 is 0 Å². The lowest BCUT2D eigenvalue weighted by Gasteiger charge is -2.52. The summed E-state index contributed by atoms with van der Waals surface area (Å²) in [6.07, 6.45) is 2.44. The average Bonchev–Trinajstić information content (AvgIpc) is 2.39. The van der Waals surface area contributed by atoms with Crippen LogP contribution in [0.25, 0.3) is 0 Å². The van der Waals surface area contributed by atoms with Crippen LogP contribution in [0, 0.1) is 16.7 Å². The molecule has 3 nitrogen and oxygen atoms in total. The fourth-order valence-corrected chi connectivity index (χ4v) is 3.08. The molecule has 0 N–H and O–H groups in total. The summed E-state index contributed by atoms with van der Waals surface area (Å²) >= 11 is 0. The summed E-state index contributed by atoms with van der Waals surface area (Å²) in [6, 6.07) is 10.1. The highest BCUT2D eigenvalue weighted by Crippen LogP contribution is 2.40. The normalized spacial score (nSPS) is 22.4. The second kappa shape index (κ2) is 4.72. The van der Waals surface area contributed by atoms with Crippen molar-refractivity contribution in [1.29, 1.82) is 5.26 Å². The van der Waals surface area contributed by atoms with Crippen LogP contribution in [-0.4, -0.2) is 31.2 Å². The maximum atomic E-state index is 8.76. The molecule has 2 aliphatic heterocycles. The lowest BCUT2D eigenvalue weighted by atomic mass is 9.73. The van der Waals surface area contributed by atoms with Gasteiger partial charge in [0.15, 0.2) is 0 Å². The van der Waals surface area contributed by atoms with E-state index in [4.69, 9.17) is 10.00 Å². The Balaban J connectivity index is 1.54. The number of nitrogens with zero attached hydrogens (tertiary/aromatic N) is 2. The molecule has 94 valence electrons. The Morgan fingerprint density at radius 2 is 1.83 bits per heavy atom. The standard InChI is InChI=1S/C15H18N2O/c16-9-13-1-3-14(4-2-13)10-17-11-15(12-17)5-7-18-8-6-15/h1-4H,5-8,10-12H2. The van der Waals surface area contributed by atoms with E-state index in [1.807, 2.05) is 12.1 Å². The number of hydrogen-bond donors (Lipinski definition) is 0. The minimum absolute atomic E-state index is 0.546. The van der Waals surface area contributed by atoms with E-state index in [0.717, 1.165) is 25.3 Å². The third-order valence-corrected chi connectivity index (χ3v) is 4.16. The molecule has 1 aromatic carbocycles. The molecule has 3 rings (SSSR count). The largest absolute Gasteiger partial charge is 0.381 e. The monoisotopic (exact) mass is 242 g/mol. The van der Waals surface area contributed by atoms with E-state index in [0.29, 0.717) is 5.41 Å². The smallest absolute Gasteiger partial charge is 0.0991 e. The first kappa shape index (κ1) is 11.7. The van der Waals surface area contributed by atoms with E-state index >= 15 is 0 Å². The van der Waals surface area contributed by atoms with Gasteiger partial charge in [0.05, 0.1) is 11.6 Å². The van der Waals surface area contributed by atoms with Crippen molar-refractivity contribution >= 4 is 0 Å². The lowest BCUT2D eigenvalue weighted by Crippen LogP contribution is -2.57. The van der Waals surface area contributed by atoms with Crippen molar-refractivity contribution in [1.82, 2.24) is 4.90 Å². The van der Waals surface area contributed by atoms with E-state index in [-0.39, 0.29) is 0 Å². The van der Waals surface area contributed by atoms with Crippen LogP contribution in [0.15, 0.2) is 24.3 Å². The van der Waals surface area contributed by atoms with Crippen LogP contribution < -0.4 is 0 Å². The molecule has 0 unspecified atom stereocenters. The van der Waals surface area contributed by atoms with E-state index in [1.54, 1.807) is 0 Å². The predicted octanol–water partition coefficient (Wildman–Crippen LogP) is 2.17. The molecule has 0 bridgehead atoms. The van der Waals surface area contributed by atoms with Gasteiger partial charge in [0.1, 0.15) is 0 Å². The Kier molecular flexibility index (Phi) is 3.07. The molecule has 0 aliphatic carbocycles. The first-order chi connectivity index (χ1) is 8.80. The fraction of sp³-hybridized carbons (Fsp3) is 0.533. The Bertz CT molecular complexity index is 446. The van der Waals surface area contributed by atoms with Gasteiger partial charge in [0, 0.05) is 38.3 Å². The topological polar surface area (TPSA) is 36.3 Å². The van der Waals surface area contributed by atoms with Gasteiger partial charge < -0.3 is 4.74 Å². The highest BCUT2D eigenvalue weighted by atomic mass is 16.5. The maximum Gasteiger partial charge on any atom is 0.0991 e. The number of ether oxygens (including phenoxy) is 1. The van der Waals surface area contributed by atoms with Crippen LogP contribution in [-0.2, 0) is 11.3 Å².